The first kappa shape index (κ1) is 16.0. The molecule has 2 aliphatic rings. The van der Waals surface area contributed by atoms with Crippen LogP contribution in [0.5, 0.6) is 5.75 Å². The molecule has 0 amide bonds. The number of fused-ring (bicyclic) bond motifs is 1. The van der Waals surface area contributed by atoms with Crippen LogP contribution in [0.4, 0.5) is 0 Å². The van der Waals surface area contributed by atoms with Gasteiger partial charge in [-0.25, -0.2) is 4.79 Å². The minimum Gasteiger partial charge on any atom is -0.482 e. The van der Waals surface area contributed by atoms with E-state index >= 15 is 0 Å². The number of carbonyl (C=O) groups is 2. The lowest BCUT2D eigenvalue weighted by atomic mass is 9.73. The number of benzene rings is 1. The van der Waals surface area contributed by atoms with Gasteiger partial charge in [0.1, 0.15) is 5.75 Å². The Morgan fingerprint density at radius 2 is 1.96 bits per heavy atom. The van der Waals surface area contributed by atoms with Gasteiger partial charge in [-0.05, 0) is 61.8 Å². The van der Waals surface area contributed by atoms with Gasteiger partial charge in [-0.2, -0.15) is 0 Å². The van der Waals surface area contributed by atoms with Crippen LogP contribution in [0.25, 0.3) is 0 Å². The summed E-state index contributed by atoms with van der Waals surface area (Å²) in [6.07, 6.45) is 5.45. The summed E-state index contributed by atoms with van der Waals surface area (Å²) in [5.41, 5.74) is 3.37. The maximum Gasteiger partial charge on any atom is 0.341 e. The van der Waals surface area contributed by atoms with E-state index in [0.717, 1.165) is 41.5 Å². The fourth-order valence-corrected chi connectivity index (χ4v) is 4.35. The molecular formula is C19H24O4. The number of rotatable bonds is 4. The molecule has 4 nitrogen and oxygen atoms in total. The molecule has 1 aromatic carbocycles. The molecule has 23 heavy (non-hydrogen) atoms. The zero-order valence-electron chi connectivity index (χ0n) is 14.1. The predicted molar refractivity (Wildman–Crippen MR) is 87.1 cm³/mol. The molecule has 1 atom stereocenters. The first-order chi connectivity index (χ1) is 10.8. The number of carboxylic acids is 1. The second-order valence-corrected chi connectivity index (χ2v) is 7.25. The number of aliphatic carboxylic acids is 1. The molecule has 0 radical (unpaired) electrons. The van der Waals surface area contributed by atoms with Crippen LogP contribution in [0.3, 0.4) is 0 Å². The molecule has 0 bridgehead atoms. The van der Waals surface area contributed by atoms with Gasteiger partial charge in [0.2, 0.25) is 0 Å². The quantitative estimate of drug-likeness (QED) is 0.920. The predicted octanol–water partition coefficient (Wildman–Crippen LogP) is 3.70. The number of hydrogen-bond donors (Lipinski definition) is 1. The van der Waals surface area contributed by atoms with Crippen LogP contribution >= 0.6 is 0 Å². The highest BCUT2D eigenvalue weighted by Crippen LogP contribution is 2.50. The molecule has 1 aromatic rings. The minimum atomic E-state index is -0.991. The molecule has 0 aliphatic heterocycles. The van der Waals surface area contributed by atoms with E-state index in [0.29, 0.717) is 11.7 Å². The molecule has 0 heterocycles. The van der Waals surface area contributed by atoms with Gasteiger partial charge in [-0.1, -0.05) is 19.8 Å². The molecule has 1 fully saturated rings. The van der Waals surface area contributed by atoms with Gasteiger partial charge >= 0.3 is 5.97 Å². The first-order valence-corrected chi connectivity index (χ1v) is 8.37. The summed E-state index contributed by atoms with van der Waals surface area (Å²) < 4.78 is 5.42. The number of carbonyl (C=O) groups excluding carboxylic acids is 1. The van der Waals surface area contributed by atoms with Gasteiger partial charge in [-0.3, -0.25) is 4.79 Å². The Hall–Kier alpha value is -1.84. The Morgan fingerprint density at radius 1 is 1.30 bits per heavy atom. The van der Waals surface area contributed by atoms with Crippen molar-refractivity contribution < 1.29 is 19.4 Å². The normalized spacial score (nSPS) is 24.0. The summed E-state index contributed by atoms with van der Waals surface area (Å²) in [5, 5.41) is 8.82. The smallest absolute Gasteiger partial charge is 0.341 e. The third-order valence-corrected chi connectivity index (χ3v) is 5.84. The van der Waals surface area contributed by atoms with Crippen molar-refractivity contribution in [2.75, 3.05) is 6.61 Å². The van der Waals surface area contributed by atoms with E-state index in [-0.39, 0.29) is 17.8 Å². The summed E-state index contributed by atoms with van der Waals surface area (Å²) in [7, 11) is 0. The number of ether oxygens (including phenoxy) is 1. The van der Waals surface area contributed by atoms with E-state index in [1.807, 2.05) is 19.9 Å². The Kier molecular flexibility index (Phi) is 3.95. The Balaban J connectivity index is 1.98. The number of carboxylic acid groups (broad SMARTS) is 1. The highest BCUT2D eigenvalue weighted by molar-refractivity contribution is 6.06. The lowest BCUT2D eigenvalue weighted by Gasteiger charge is -2.29. The Bertz CT molecular complexity index is 670. The SMILES string of the molecule is Cc1c(OCC(=O)O)cc2c(c1C)C(=O)C(C)(C1CCCC1)C2. The highest BCUT2D eigenvalue weighted by atomic mass is 16.5. The van der Waals surface area contributed by atoms with Crippen molar-refractivity contribution in [2.24, 2.45) is 11.3 Å². The summed E-state index contributed by atoms with van der Waals surface area (Å²) in [4.78, 5) is 23.9. The molecule has 3 rings (SSSR count). The van der Waals surface area contributed by atoms with Gasteiger partial charge in [0.15, 0.2) is 12.4 Å². The molecular weight excluding hydrogens is 292 g/mol. The maximum absolute atomic E-state index is 13.1. The zero-order chi connectivity index (χ0) is 16.8. The van der Waals surface area contributed by atoms with Crippen LogP contribution in [0.2, 0.25) is 0 Å². The molecule has 2 aliphatic carbocycles. The van der Waals surface area contributed by atoms with Gasteiger partial charge < -0.3 is 9.84 Å². The van der Waals surface area contributed by atoms with E-state index in [4.69, 9.17) is 9.84 Å². The van der Waals surface area contributed by atoms with Gasteiger partial charge in [0.05, 0.1) is 0 Å². The average molecular weight is 316 g/mol. The van der Waals surface area contributed by atoms with Gasteiger partial charge in [0.25, 0.3) is 0 Å². The Morgan fingerprint density at radius 3 is 2.57 bits per heavy atom. The summed E-state index contributed by atoms with van der Waals surface area (Å²) in [6, 6.07) is 1.89. The van der Waals surface area contributed by atoms with Gasteiger partial charge in [0, 0.05) is 11.0 Å². The van der Waals surface area contributed by atoms with E-state index in [1.165, 1.54) is 12.8 Å². The third kappa shape index (κ3) is 2.54. The van der Waals surface area contributed by atoms with Gasteiger partial charge in [-0.15, -0.1) is 0 Å². The number of ketones is 1. The topological polar surface area (TPSA) is 63.6 Å². The van der Waals surface area contributed by atoms with Crippen molar-refractivity contribution in [1.29, 1.82) is 0 Å². The van der Waals surface area contributed by atoms with E-state index in [1.54, 1.807) is 0 Å². The van der Waals surface area contributed by atoms with Crippen molar-refractivity contribution in [3.63, 3.8) is 0 Å². The summed E-state index contributed by atoms with van der Waals surface area (Å²) >= 11 is 0. The van der Waals surface area contributed by atoms with Crippen LogP contribution in [0.1, 0.15) is 59.7 Å². The molecule has 1 saturated carbocycles. The highest BCUT2D eigenvalue weighted by Gasteiger charge is 2.48. The van der Waals surface area contributed by atoms with Crippen LogP contribution in [-0.2, 0) is 11.2 Å². The van der Waals surface area contributed by atoms with E-state index < -0.39 is 5.97 Å². The van der Waals surface area contributed by atoms with Crippen LogP contribution in [0, 0.1) is 25.2 Å². The molecule has 4 heteroatoms. The Labute approximate surface area is 136 Å². The monoisotopic (exact) mass is 316 g/mol. The van der Waals surface area contributed by atoms with Crippen molar-refractivity contribution in [3.05, 3.63) is 28.3 Å². The third-order valence-electron chi connectivity index (χ3n) is 5.84. The van der Waals surface area contributed by atoms with Crippen LogP contribution < -0.4 is 4.74 Å². The van der Waals surface area contributed by atoms with Crippen LogP contribution in [-0.4, -0.2) is 23.5 Å². The second kappa shape index (κ2) is 5.66. The summed E-state index contributed by atoms with van der Waals surface area (Å²) in [6.45, 7) is 5.59. The fraction of sp³-hybridized carbons (Fsp3) is 0.579. The van der Waals surface area contributed by atoms with E-state index in [2.05, 4.69) is 6.92 Å². The first-order valence-electron chi connectivity index (χ1n) is 8.37. The summed E-state index contributed by atoms with van der Waals surface area (Å²) in [5.74, 6) is 0.330. The minimum absolute atomic E-state index is 0.268. The largest absolute Gasteiger partial charge is 0.482 e. The molecule has 1 unspecified atom stereocenters. The maximum atomic E-state index is 13.1. The van der Waals surface area contributed by atoms with Crippen molar-refractivity contribution in [1.82, 2.24) is 0 Å². The lowest BCUT2D eigenvalue weighted by molar-refractivity contribution is -0.139. The van der Waals surface area contributed by atoms with E-state index in [9.17, 15) is 9.59 Å². The molecule has 124 valence electrons. The van der Waals surface area contributed by atoms with Crippen molar-refractivity contribution in [2.45, 2.75) is 52.9 Å². The average Bonchev–Trinajstić information content (AvgIpc) is 3.10. The zero-order valence-corrected chi connectivity index (χ0v) is 14.1. The molecule has 0 spiro atoms. The molecule has 0 saturated heterocycles. The van der Waals surface area contributed by atoms with Crippen LogP contribution in [0.15, 0.2) is 6.07 Å². The standard InChI is InChI=1S/C19H24O4/c1-11-12(2)17-13(8-15(11)23-10-16(20)21)9-19(3,18(17)22)14-6-4-5-7-14/h8,14H,4-7,9-10H2,1-3H3,(H,20,21). The second-order valence-electron chi connectivity index (χ2n) is 7.25. The fourth-order valence-electron chi connectivity index (χ4n) is 4.35. The number of Topliss-reactive ketones (excluding diaryl/α,β-unsaturated/α-hetero) is 1. The van der Waals surface area contributed by atoms with Crippen molar-refractivity contribution >= 4 is 11.8 Å². The lowest BCUT2D eigenvalue weighted by Crippen LogP contribution is -2.32. The molecule has 0 aromatic heterocycles. The van der Waals surface area contributed by atoms with Crippen molar-refractivity contribution in [3.8, 4) is 5.75 Å². The number of hydrogen-bond acceptors (Lipinski definition) is 3. The molecule has 1 N–H and O–H groups in total.